The predicted molar refractivity (Wildman–Crippen MR) is 102 cm³/mol. The van der Waals surface area contributed by atoms with E-state index in [1.165, 1.54) is 12.1 Å². The lowest BCUT2D eigenvalue weighted by Crippen LogP contribution is -2.40. The van der Waals surface area contributed by atoms with Crippen LogP contribution in [0.1, 0.15) is 56.0 Å². The molecule has 2 rings (SSSR count). The summed E-state index contributed by atoms with van der Waals surface area (Å²) in [5, 5.41) is 5.71. The van der Waals surface area contributed by atoms with Gasteiger partial charge in [-0.25, -0.2) is 4.39 Å². The Morgan fingerprint density at radius 1 is 1.04 bits per heavy atom. The average molecular weight is 356 g/mol. The molecular formula is C21H25FN2O2. The molecule has 0 fully saturated rings. The fraction of sp³-hybridized carbons (Fsp3) is 0.333. The van der Waals surface area contributed by atoms with Crippen molar-refractivity contribution in [3.63, 3.8) is 0 Å². The van der Waals surface area contributed by atoms with E-state index in [1.807, 2.05) is 27.7 Å². The highest BCUT2D eigenvalue weighted by atomic mass is 19.1. The first-order chi connectivity index (χ1) is 12.2. The summed E-state index contributed by atoms with van der Waals surface area (Å²) < 4.78 is 13.0. The predicted octanol–water partition coefficient (Wildman–Crippen LogP) is 4.49. The van der Waals surface area contributed by atoms with Gasteiger partial charge in [0.25, 0.3) is 5.91 Å². The molecule has 0 aromatic heterocycles. The van der Waals surface area contributed by atoms with E-state index >= 15 is 0 Å². The van der Waals surface area contributed by atoms with Gasteiger partial charge in [-0.15, -0.1) is 0 Å². The maximum absolute atomic E-state index is 13.0. The van der Waals surface area contributed by atoms with Crippen molar-refractivity contribution in [2.45, 2.75) is 45.6 Å². The van der Waals surface area contributed by atoms with E-state index in [0.717, 1.165) is 5.56 Å². The zero-order chi connectivity index (χ0) is 19.3. The molecule has 0 aliphatic heterocycles. The van der Waals surface area contributed by atoms with Crippen LogP contribution in [0, 0.1) is 5.82 Å². The molecular weight excluding hydrogens is 331 g/mol. The van der Waals surface area contributed by atoms with Crippen LogP contribution in [0.4, 0.5) is 10.1 Å². The maximum Gasteiger partial charge on any atom is 0.253 e. The van der Waals surface area contributed by atoms with Crippen LogP contribution in [0.25, 0.3) is 0 Å². The van der Waals surface area contributed by atoms with Gasteiger partial charge in [0.05, 0.1) is 11.3 Å². The molecule has 2 N–H and O–H groups in total. The topological polar surface area (TPSA) is 58.2 Å². The molecule has 26 heavy (non-hydrogen) atoms. The third kappa shape index (κ3) is 5.69. The molecule has 1 unspecified atom stereocenters. The molecule has 0 aliphatic rings. The van der Waals surface area contributed by atoms with Crippen molar-refractivity contribution in [1.82, 2.24) is 5.32 Å². The number of amides is 2. The summed E-state index contributed by atoms with van der Waals surface area (Å²) in [6.07, 6.45) is 0.237. The summed E-state index contributed by atoms with van der Waals surface area (Å²) in [6.45, 7) is 7.61. The van der Waals surface area contributed by atoms with Crippen molar-refractivity contribution in [3.8, 4) is 0 Å². The molecule has 5 heteroatoms. The zero-order valence-electron chi connectivity index (χ0n) is 15.6. The molecule has 0 radical (unpaired) electrons. The first-order valence-corrected chi connectivity index (χ1v) is 8.62. The van der Waals surface area contributed by atoms with Gasteiger partial charge in [-0.2, -0.15) is 0 Å². The standard InChI is InChI=1S/C21H25FN2O2/c1-14(15-9-11-16(22)12-10-15)13-19(25)23-18-8-6-5-7-17(18)20(26)24-21(2,3)4/h5-12,14H,13H2,1-4H3,(H,23,25)(H,24,26). The van der Waals surface area contributed by atoms with Crippen molar-refractivity contribution in [2.75, 3.05) is 5.32 Å². The molecule has 2 aromatic rings. The highest BCUT2D eigenvalue weighted by molar-refractivity contribution is 6.04. The van der Waals surface area contributed by atoms with E-state index in [9.17, 15) is 14.0 Å². The van der Waals surface area contributed by atoms with E-state index < -0.39 is 0 Å². The zero-order valence-corrected chi connectivity index (χ0v) is 15.6. The number of anilines is 1. The second-order valence-corrected chi connectivity index (χ2v) is 7.45. The Balaban J connectivity index is 2.07. The van der Waals surface area contributed by atoms with Crippen LogP contribution in [-0.4, -0.2) is 17.4 Å². The smallest absolute Gasteiger partial charge is 0.253 e. The van der Waals surface area contributed by atoms with Gasteiger partial charge in [0.2, 0.25) is 5.91 Å². The number of halogens is 1. The van der Waals surface area contributed by atoms with E-state index in [4.69, 9.17) is 0 Å². The summed E-state index contributed by atoms with van der Waals surface area (Å²) in [5.41, 5.74) is 1.42. The van der Waals surface area contributed by atoms with E-state index in [2.05, 4.69) is 10.6 Å². The van der Waals surface area contributed by atoms with Crippen LogP contribution in [-0.2, 0) is 4.79 Å². The lowest BCUT2D eigenvalue weighted by Gasteiger charge is -2.21. The van der Waals surface area contributed by atoms with E-state index in [-0.39, 0.29) is 35.5 Å². The molecule has 0 bridgehead atoms. The van der Waals surface area contributed by atoms with Crippen LogP contribution >= 0.6 is 0 Å². The molecule has 0 saturated carbocycles. The monoisotopic (exact) mass is 356 g/mol. The van der Waals surface area contributed by atoms with Crippen LogP contribution in [0.5, 0.6) is 0 Å². The van der Waals surface area contributed by atoms with Crippen LogP contribution < -0.4 is 10.6 Å². The fourth-order valence-electron chi connectivity index (χ4n) is 2.59. The molecule has 2 aromatic carbocycles. The Morgan fingerprint density at radius 3 is 2.27 bits per heavy atom. The van der Waals surface area contributed by atoms with Gasteiger partial charge < -0.3 is 10.6 Å². The van der Waals surface area contributed by atoms with Crippen LogP contribution in [0.15, 0.2) is 48.5 Å². The average Bonchev–Trinajstić information content (AvgIpc) is 2.54. The third-order valence-electron chi connectivity index (χ3n) is 3.86. The summed E-state index contributed by atoms with van der Waals surface area (Å²) in [4.78, 5) is 24.8. The Kier molecular flexibility index (Phi) is 6.14. The number of nitrogens with one attached hydrogen (secondary N) is 2. The number of benzene rings is 2. The van der Waals surface area contributed by atoms with Gasteiger partial charge in [0.1, 0.15) is 5.82 Å². The van der Waals surface area contributed by atoms with E-state index in [1.54, 1.807) is 36.4 Å². The van der Waals surface area contributed by atoms with Crippen molar-refractivity contribution < 1.29 is 14.0 Å². The fourth-order valence-corrected chi connectivity index (χ4v) is 2.59. The third-order valence-corrected chi connectivity index (χ3v) is 3.86. The second kappa shape index (κ2) is 8.13. The second-order valence-electron chi connectivity index (χ2n) is 7.45. The van der Waals surface area contributed by atoms with Gasteiger partial charge in [-0.3, -0.25) is 9.59 Å². The number of hydrogen-bond acceptors (Lipinski definition) is 2. The maximum atomic E-state index is 13.0. The molecule has 138 valence electrons. The highest BCUT2D eigenvalue weighted by Gasteiger charge is 2.19. The minimum Gasteiger partial charge on any atom is -0.347 e. The molecule has 0 aliphatic carbocycles. The first kappa shape index (κ1) is 19.6. The summed E-state index contributed by atoms with van der Waals surface area (Å²) in [5.74, 6) is -0.798. The first-order valence-electron chi connectivity index (χ1n) is 8.62. The molecule has 0 heterocycles. The van der Waals surface area contributed by atoms with Crippen molar-refractivity contribution >= 4 is 17.5 Å². The Hall–Kier alpha value is -2.69. The van der Waals surface area contributed by atoms with Gasteiger partial charge in [0, 0.05) is 12.0 Å². The Morgan fingerprint density at radius 2 is 1.65 bits per heavy atom. The van der Waals surface area contributed by atoms with Crippen LogP contribution in [0.2, 0.25) is 0 Å². The van der Waals surface area contributed by atoms with Gasteiger partial charge in [-0.05, 0) is 56.5 Å². The van der Waals surface area contributed by atoms with Crippen molar-refractivity contribution in [3.05, 3.63) is 65.5 Å². The number of hydrogen-bond donors (Lipinski definition) is 2. The molecule has 1 atom stereocenters. The summed E-state index contributed by atoms with van der Waals surface area (Å²) >= 11 is 0. The van der Waals surface area contributed by atoms with Gasteiger partial charge in [0.15, 0.2) is 0 Å². The number of para-hydroxylation sites is 1. The number of carbonyl (C=O) groups is 2. The Labute approximate surface area is 153 Å². The summed E-state index contributed by atoms with van der Waals surface area (Å²) in [7, 11) is 0. The molecule has 2 amide bonds. The van der Waals surface area contributed by atoms with E-state index in [0.29, 0.717) is 11.3 Å². The minimum absolute atomic E-state index is 0.0637. The Bertz CT molecular complexity index is 779. The normalized spacial score (nSPS) is 12.3. The van der Waals surface area contributed by atoms with Crippen molar-refractivity contribution in [2.24, 2.45) is 0 Å². The van der Waals surface area contributed by atoms with Crippen molar-refractivity contribution in [1.29, 1.82) is 0 Å². The summed E-state index contributed by atoms with van der Waals surface area (Å²) in [6, 6.07) is 13.0. The SMILES string of the molecule is CC(CC(=O)Nc1ccccc1C(=O)NC(C)(C)C)c1ccc(F)cc1. The van der Waals surface area contributed by atoms with Crippen LogP contribution in [0.3, 0.4) is 0 Å². The van der Waals surface area contributed by atoms with Gasteiger partial charge in [-0.1, -0.05) is 31.2 Å². The highest BCUT2D eigenvalue weighted by Crippen LogP contribution is 2.22. The largest absolute Gasteiger partial charge is 0.347 e. The lowest BCUT2D eigenvalue weighted by atomic mass is 9.97. The number of carbonyl (C=O) groups excluding carboxylic acids is 2. The molecule has 0 spiro atoms. The van der Waals surface area contributed by atoms with Gasteiger partial charge >= 0.3 is 0 Å². The minimum atomic E-state index is -0.370. The lowest BCUT2D eigenvalue weighted by molar-refractivity contribution is -0.116. The molecule has 0 saturated heterocycles. The number of rotatable bonds is 5. The molecule has 4 nitrogen and oxygen atoms in total. The quantitative estimate of drug-likeness (QED) is 0.829.